The van der Waals surface area contributed by atoms with E-state index in [9.17, 15) is 13.2 Å². The van der Waals surface area contributed by atoms with Crippen LogP contribution in [-0.4, -0.2) is 27.1 Å². The van der Waals surface area contributed by atoms with Gasteiger partial charge in [0.25, 0.3) is 0 Å². The quantitative estimate of drug-likeness (QED) is 0.606. The van der Waals surface area contributed by atoms with Gasteiger partial charge in [0, 0.05) is 5.69 Å². The van der Waals surface area contributed by atoms with E-state index in [0.717, 1.165) is 21.7 Å². The summed E-state index contributed by atoms with van der Waals surface area (Å²) in [4.78, 5) is 12.6. The molecule has 6 nitrogen and oxygen atoms in total. The maximum absolute atomic E-state index is 12.6. The highest BCUT2D eigenvalue weighted by Crippen LogP contribution is 2.26. The molecule has 3 rings (SSSR count). The molecule has 0 unspecified atom stereocenters. The van der Waals surface area contributed by atoms with E-state index >= 15 is 0 Å². The number of hydrogen-bond donors (Lipinski definition) is 1. The van der Waals surface area contributed by atoms with E-state index in [1.165, 1.54) is 0 Å². The van der Waals surface area contributed by atoms with Crippen LogP contribution in [0.3, 0.4) is 0 Å². The second-order valence-corrected chi connectivity index (χ2v) is 8.90. The first-order valence-corrected chi connectivity index (χ1v) is 11.3. The minimum atomic E-state index is -3.67. The predicted octanol–water partition coefficient (Wildman–Crippen LogP) is 4.50. The zero-order valence-corrected chi connectivity index (χ0v) is 17.9. The molecule has 7 heteroatoms. The number of aryl methyl sites for hydroxylation is 2. The lowest BCUT2D eigenvalue weighted by Crippen LogP contribution is -2.37. The maximum atomic E-state index is 12.6. The number of amides is 1. The van der Waals surface area contributed by atoms with Crippen molar-refractivity contribution in [3.8, 4) is 11.5 Å². The standard InChI is InChI=1S/C23H24N2O4S/c1-17-8-7-9-18(2)23(17)24-22(26)16-25(30(3,27)28)19-12-14-21(15-13-19)29-20-10-5-4-6-11-20/h4-15H,16H2,1-3H3,(H,24,26). The molecule has 0 radical (unpaired) electrons. The molecule has 0 spiro atoms. The number of carbonyl (C=O) groups excluding carboxylic acids is 1. The van der Waals surface area contributed by atoms with Crippen LogP contribution in [0.4, 0.5) is 11.4 Å². The molecule has 0 atom stereocenters. The monoisotopic (exact) mass is 424 g/mol. The fourth-order valence-electron chi connectivity index (χ4n) is 3.03. The van der Waals surface area contributed by atoms with Crippen LogP contribution in [0.2, 0.25) is 0 Å². The Morgan fingerprint density at radius 1 is 0.867 bits per heavy atom. The summed E-state index contributed by atoms with van der Waals surface area (Å²) in [6.07, 6.45) is 1.08. The summed E-state index contributed by atoms with van der Waals surface area (Å²) in [6, 6.07) is 21.5. The van der Waals surface area contributed by atoms with Crippen molar-refractivity contribution in [2.24, 2.45) is 0 Å². The minimum Gasteiger partial charge on any atom is -0.457 e. The first-order valence-electron chi connectivity index (χ1n) is 9.41. The molecule has 0 bridgehead atoms. The number of nitrogens with zero attached hydrogens (tertiary/aromatic N) is 1. The summed E-state index contributed by atoms with van der Waals surface area (Å²) < 4.78 is 31.5. The molecule has 0 heterocycles. The Bertz CT molecular complexity index is 1110. The number of benzene rings is 3. The van der Waals surface area contributed by atoms with Crippen LogP contribution in [0.5, 0.6) is 11.5 Å². The zero-order valence-electron chi connectivity index (χ0n) is 17.1. The molecule has 3 aromatic rings. The number of hydrogen-bond acceptors (Lipinski definition) is 4. The summed E-state index contributed by atoms with van der Waals surface area (Å²) >= 11 is 0. The van der Waals surface area contributed by atoms with Crippen molar-refractivity contribution in [3.05, 3.63) is 83.9 Å². The van der Waals surface area contributed by atoms with Crippen molar-refractivity contribution in [3.63, 3.8) is 0 Å². The van der Waals surface area contributed by atoms with E-state index in [4.69, 9.17) is 4.74 Å². The Hall–Kier alpha value is -3.32. The molecule has 1 N–H and O–H groups in total. The summed E-state index contributed by atoms with van der Waals surface area (Å²) in [5.74, 6) is 0.832. The van der Waals surface area contributed by atoms with Gasteiger partial charge in [-0.2, -0.15) is 0 Å². The van der Waals surface area contributed by atoms with Gasteiger partial charge in [-0.25, -0.2) is 8.42 Å². The summed E-state index contributed by atoms with van der Waals surface area (Å²) in [7, 11) is -3.67. The number of rotatable bonds is 7. The summed E-state index contributed by atoms with van der Waals surface area (Å²) in [6.45, 7) is 3.45. The molecular weight excluding hydrogens is 400 g/mol. The van der Waals surface area contributed by atoms with E-state index in [0.29, 0.717) is 22.9 Å². The zero-order chi connectivity index (χ0) is 21.7. The van der Waals surface area contributed by atoms with Crippen LogP contribution in [0.15, 0.2) is 72.8 Å². The number of para-hydroxylation sites is 2. The van der Waals surface area contributed by atoms with Gasteiger partial charge in [-0.1, -0.05) is 36.4 Å². The summed E-state index contributed by atoms with van der Waals surface area (Å²) in [5, 5.41) is 2.83. The average molecular weight is 425 g/mol. The molecule has 0 aliphatic heterocycles. The van der Waals surface area contributed by atoms with Gasteiger partial charge in [-0.15, -0.1) is 0 Å². The molecule has 30 heavy (non-hydrogen) atoms. The lowest BCUT2D eigenvalue weighted by atomic mass is 10.1. The Balaban J connectivity index is 1.77. The SMILES string of the molecule is Cc1cccc(C)c1NC(=O)CN(c1ccc(Oc2ccccc2)cc1)S(C)(=O)=O. The number of ether oxygens (including phenoxy) is 1. The lowest BCUT2D eigenvalue weighted by molar-refractivity contribution is -0.114. The molecular formula is C23H24N2O4S. The molecule has 0 fully saturated rings. The lowest BCUT2D eigenvalue weighted by Gasteiger charge is -2.22. The number of sulfonamides is 1. The molecule has 0 aromatic heterocycles. The normalized spacial score (nSPS) is 11.0. The first-order chi connectivity index (χ1) is 14.2. The topological polar surface area (TPSA) is 75.7 Å². The van der Waals surface area contributed by atoms with Gasteiger partial charge < -0.3 is 10.1 Å². The molecule has 0 aliphatic carbocycles. The largest absolute Gasteiger partial charge is 0.457 e. The average Bonchev–Trinajstić information content (AvgIpc) is 2.70. The van der Waals surface area contributed by atoms with Crippen LogP contribution in [0.25, 0.3) is 0 Å². The highest BCUT2D eigenvalue weighted by molar-refractivity contribution is 7.92. The van der Waals surface area contributed by atoms with Crippen LogP contribution < -0.4 is 14.4 Å². The van der Waals surface area contributed by atoms with Crippen LogP contribution >= 0.6 is 0 Å². The van der Waals surface area contributed by atoms with Gasteiger partial charge in [0.1, 0.15) is 18.0 Å². The third kappa shape index (κ3) is 5.39. The van der Waals surface area contributed by atoms with Crippen LogP contribution in [0, 0.1) is 13.8 Å². The summed E-state index contributed by atoms with van der Waals surface area (Å²) in [5.41, 5.74) is 2.91. The fraction of sp³-hybridized carbons (Fsp3) is 0.174. The van der Waals surface area contributed by atoms with Gasteiger partial charge in [-0.3, -0.25) is 9.10 Å². The molecule has 0 saturated heterocycles. The highest BCUT2D eigenvalue weighted by atomic mass is 32.2. The number of anilines is 2. The van der Waals surface area contributed by atoms with Crippen molar-refractivity contribution in [1.82, 2.24) is 0 Å². The number of nitrogens with one attached hydrogen (secondary N) is 1. The van der Waals surface area contributed by atoms with E-state index in [1.807, 2.05) is 62.4 Å². The minimum absolute atomic E-state index is 0.328. The van der Waals surface area contributed by atoms with Crippen LogP contribution in [0.1, 0.15) is 11.1 Å². The second kappa shape index (κ2) is 9.00. The van der Waals surface area contributed by atoms with Crippen LogP contribution in [-0.2, 0) is 14.8 Å². The molecule has 156 valence electrons. The third-order valence-corrected chi connectivity index (χ3v) is 5.68. The van der Waals surface area contributed by atoms with E-state index in [2.05, 4.69) is 5.32 Å². The fourth-order valence-corrected chi connectivity index (χ4v) is 3.88. The van der Waals surface area contributed by atoms with Gasteiger partial charge >= 0.3 is 0 Å². The highest BCUT2D eigenvalue weighted by Gasteiger charge is 2.21. The van der Waals surface area contributed by atoms with Crippen molar-refractivity contribution in [2.75, 3.05) is 22.4 Å². The van der Waals surface area contributed by atoms with Gasteiger partial charge in [0.15, 0.2) is 0 Å². The molecule has 0 aliphatic rings. The van der Waals surface area contributed by atoms with E-state index in [-0.39, 0.29) is 6.54 Å². The third-order valence-electron chi connectivity index (χ3n) is 4.54. The van der Waals surface area contributed by atoms with Crippen molar-refractivity contribution in [1.29, 1.82) is 0 Å². The van der Waals surface area contributed by atoms with Gasteiger partial charge in [-0.05, 0) is 61.4 Å². The smallest absolute Gasteiger partial charge is 0.245 e. The Kier molecular flexibility index (Phi) is 6.42. The second-order valence-electron chi connectivity index (χ2n) is 6.99. The van der Waals surface area contributed by atoms with Gasteiger partial charge in [0.05, 0.1) is 11.9 Å². The Labute approximate surface area is 177 Å². The predicted molar refractivity (Wildman–Crippen MR) is 120 cm³/mol. The van der Waals surface area contributed by atoms with Crippen molar-refractivity contribution < 1.29 is 17.9 Å². The van der Waals surface area contributed by atoms with Crippen molar-refractivity contribution >= 4 is 27.3 Å². The Morgan fingerprint density at radius 2 is 1.43 bits per heavy atom. The molecule has 0 saturated carbocycles. The molecule has 1 amide bonds. The van der Waals surface area contributed by atoms with Crippen molar-refractivity contribution in [2.45, 2.75) is 13.8 Å². The maximum Gasteiger partial charge on any atom is 0.245 e. The van der Waals surface area contributed by atoms with E-state index < -0.39 is 15.9 Å². The molecule has 3 aromatic carbocycles. The Morgan fingerprint density at radius 3 is 2.00 bits per heavy atom. The van der Waals surface area contributed by atoms with E-state index in [1.54, 1.807) is 24.3 Å². The first kappa shape index (κ1) is 21.4. The van der Waals surface area contributed by atoms with Gasteiger partial charge in [0.2, 0.25) is 15.9 Å². The number of carbonyl (C=O) groups is 1.